The predicted octanol–water partition coefficient (Wildman–Crippen LogP) is 2.60. The number of carbonyl (C=O) groups excluding carboxylic acids is 2. The molecular weight excluding hydrogens is 416 g/mol. The maximum atomic E-state index is 12.5. The van der Waals surface area contributed by atoms with E-state index >= 15 is 0 Å². The zero-order valence-electron chi connectivity index (χ0n) is 19.0. The Hall–Kier alpha value is -2.52. The smallest absolute Gasteiger partial charge is 0.333 e. The Labute approximate surface area is 189 Å². The summed E-state index contributed by atoms with van der Waals surface area (Å²) in [6, 6.07) is 9.65. The van der Waals surface area contributed by atoms with Crippen molar-refractivity contribution in [2.45, 2.75) is 32.5 Å². The second kappa shape index (κ2) is 15.3. The van der Waals surface area contributed by atoms with Gasteiger partial charge in [-0.2, -0.15) is 0 Å². The number of carbonyl (C=O) groups is 2. The van der Waals surface area contributed by atoms with Gasteiger partial charge in [0.05, 0.1) is 33.0 Å². The van der Waals surface area contributed by atoms with Crippen LogP contribution in [0.25, 0.3) is 0 Å². The Bertz CT molecular complexity index is 731. The van der Waals surface area contributed by atoms with E-state index in [4.69, 9.17) is 28.8 Å². The third-order valence-corrected chi connectivity index (χ3v) is 4.25. The van der Waals surface area contributed by atoms with Crippen LogP contribution in [0.2, 0.25) is 0 Å². The first-order chi connectivity index (χ1) is 15.3. The lowest BCUT2D eigenvalue weighted by Gasteiger charge is -2.33. The molecule has 0 amide bonds. The predicted molar refractivity (Wildman–Crippen MR) is 119 cm³/mol. The second-order valence-corrected chi connectivity index (χ2v) is 7.04. The summed E-state index contributed by atoms with van der Waals surface area (Å²) in [6.45, 7) is 11.1. The van der Waals surface area contributed by atoms with Crippen LogP contribution in [0.5, 0.6) is 0 Å². The Morgan fingerprint density at radius 3 is 2.31 bits per heavy atom. The van der Waals surface area contributed by atoms with Crippen molar-refractivity contribution in [1.29, 1.82) is 0 Å². The maximum Gasteiger partial charge on any atom is 0.333 e. The lowest BCUT2D eigenvalue weighted by Crippen LogP contribution is -2.44. The number of hydrogen-bond donors (Lipinski definition) is 1. The summed E-state index contributed by atoms with van der Waals surface area (Å²) < 4.78 is 27.4. The lowest BCUT2D eigenvalue weighted by molar-refractivity contribution is -0.259. The molecule has 1 rings (SSSR count). The van der Waals surface area contributed by atoms with Crippen LogP contribution in [-0.4, -0.2) is 69.1 Å². The summed E-state index contributed by atoms with van der Waals surface area (Å²) in [5.74, 6) is -2.64. The summed E-state index contributed by atoms with van der Waals surface area (Å²) in [5, 5.41) is 8.81. The molecule has 0 aliphatic heterocycles. The van der Waals surface area contributed by atoms with Crippen molar-refractivity contribution in [3.63, 3.8) is 0 Å². The van der Waals surface area contributed by atoms with Gasteiger partial charge in [-0.15, -0.1) is 0 Å². The molecule has 178 valence electrons. The van der Waals surface area contributed by atoms with Crippen molar-refractivity contribution >= 4 is 11.9 Å². The Morgan fingerprint density at radius 1 is 0.969 bits per heavy atom. The van der Waals surface area contributed by atoms with Crippen molar-refractivity contribution in [3.8, 4) is 0 Å². The zero-order valence-corrected chi connectivity index (χ0v) is 19.0. The van der Waals surface area contributed by atoms with Gasteiger partial charge in [0.25, 0.3) is 0 Å². The van der Waals surface area contributed by atoms with Gasteiger partial charge in [0.1, 0.15) is 6.61 Å². The molecule has 1 unspecified atom stereocenters. The molecule has 0 fully saturated rings. The van der Waals surface area contributed by atoms with Crippen LogP contribution in [0, 0.1) is 0 Å². The highest BCUT2D eigenvalue weighted by atomic mass is 16.7. The highest BCUT2D eigenvalue weighted by Crippen LogP contribution is 2.25. The first-order valence-electron chi connectivity index (χ1n) is 10.5. The van der Waals surface area contributed by atoms with Crippen molar-refractivity contribution in [1.82, 2.24) is 0 Å². The van der Waals surface area contributed by atoms with E-state index in [2.05, 4.69) is 13.2 Å². The average Bonchev–Trinajstić information content (AvgIpc) is 2.78. The normalized spacial score (nSPS) is 12.6. The number of hydrogen-bond acceptors (Lipinski definition) is 8. The number of ether oxygens (including phenoxy) is 5. The minimum atomic E-state index is -1.45. The summed E-state index contributed by atoms with van der Waals surface area (Å²) in [6.07, 6.45) is 0.500. The van der Waals surface area contributed by atoms with Crippen molar-refractivity contribution < 1.29 is 38.4 Å². The van der Waals surface area contributed by atoms with E-state index in [1.807, 2.05) is 30.3 Å². The largest absolute Gasteiger partial charge is 0.462 e. The van der Waals surface area contributed by atoms with E-state index in [0.29, 0.717) is 6.42 Å². The van der Waals surface area contributed by atoms with Gasteiger partial charge in [-0.1, -0.05) is 43.5 Å². The van der Waals surface area contributed by atoms with Crippen LogP contribution in [0.3, 0.4) is 0 Å². The third kappa shape index (κ3) is 10.7. The van der Waals surface area contributed by atoms with E-state index < -0.39 is 17.7 Å². The summed E-state index contributed by atoms with van der Waals surface area (Å²) in [5.41, 5.74) is 1.39. The van der Waals surface area contributed by atoms with Crippen molar-refractivity contribution in [2.75, 3.05) is 46.2 Å². The molecule has 1 N–H and O–H groups in total. The van der Waals surface area contributed by atoms with Crippen LogP contribution < -0.4 is 0 Å². The molecule has 1 atom stereocenters. The van der Waals surface area contributed by atoms with E-state index in [0.717, 1.165) is 5.56 Å². The van der Waals surface area contributed by atoms with Gasteiger partial charge >= 0.3 is 11.9 Å². The zero-order chi connectivity index (χ0) is 23.8. The minimum absolute atomic E-state index is 0.0749. The van der Waals surface area contributed by atoms with Gasteiger partial charge in [0.15, 0.2) is 0 Å². The van der Waals surface area contributed by atoms with Crippen LogP contribution in [0.1, 0.15) is 25.8 Å². The van der Waals surface area contributed by atoms with Crippen molar-refractivity contribution in [2.24, 2.45) is 0 Å². The summed E-state index contributed by atoms with van der Waals surface area (Å²) >= 11 is 0. The highest BCUT2D eigenvalue weighted by molar-refractivity contribution is 5.88. The van der Waals surface area contributed by atoms with Gasteiger partial charge in [-0.05, 0) is 19.4 Å². The molecule has 8 nitrogen and oxygen atoms in total. The first kappa shape index (κ1) is 27.5. The molecular formula is C24H34O8. The summed E-state index contributed by atoms with van der Waals surface area (Å²) in [4.78, 5) is 24.4. The van der Waals surface area contributed by atoms with Gasteiger partial charge in [-0.3, -0.25) is 0 Å². The standard InChI is InChI=1S/C24H34O8/c1-5-31-24(18-30-22(26)19(2)3,32-16-15-28-14-12-25)17-20(4)23(27)29-13-11-21-9-7-6-8-10-21/h6-10,25H,2,4-5,11-18H2,1,3H3. The Kier molecular flexibility index (Phi) is 13.2. The van der Waals surface area contributed by atoms with Gasteiger partial charge in [0.2, 0.25) is 5.79 Å². The minimum Gasteiger partial charge on any atom is -0.462 e. The highest BCUT2D eigenvalue weighted by Gasteiger charge is 2.36. The fourth-order valence-electron chi connectivity index (χ4n) is 2.70. The molecule has 0 bridgehead atoms. The maximum absolute atomic E-state index is 12.5. The molecule has 0 aliphatic carbocycles. The molecule has 0 spiro atoms. The average molecular weight is 451 g/mol. The third-order valence-electron chi connectivity index (χ3n) is 4.25. The molecule has 0 heterocycles. The van der Waals surface area contributed by atoms with E-state index in [1.165, 1.54) is 6.92 Å². The first-order valence-corrected chi connectivity index (χ1v) is 10.5. The molecule has 8 heteroatoms. The SMILES string of the molecule is C=C(C)C(=O)OCC(CC(=C)C(=O)OCCc1ccccc1)(OCC)OCCOCCO. The van der Waals surface area contributed by atoms with Gasteiger partial charge in [0, 0.05) is 30.6 Å². The topological polar surface area (TPSA) is 101 Å². The van der Waals surface area contributed by atoms with Crippen molar-refractivity contribution in [3.05, 3.63) is 60.2 Å². The lowest BCUT2D eigenvalue weighted by atomic mass is 10.1. The van der Waals surface area contributed by atoms with E-state index in [1.54, 1.807) is 6.92 Å². The molecule has 0 aliphatic rings. The molecule has 0 aromatic heterocycles. The monoisotopic (exact) mass is 450 g/mol. The van der Waals surface area contributed by atoms with Crippen LogP contribution in [0.15, 0.2) is 54.6 Å². The number of benzene rings is 1. The number of aliphatic hydroxyl groups is 1. The fraction of sp³-hybridized carbons (Fsp3) is 0.500. The molecule has 1 aromatic rings. The Balaban J connectivity index is 2.75. The van der Waals surface area contributed by atoms with Gasteiger partial charge < -0.3 is 28.8 Å². The van der Waals surface area contributed by atoms with Crippen LogP contribution in [0.4, 0.5) is 0 Å². The molecule has 1 aromatic carbocycles. The summed E-state index contributed by atoms with van der Waals surface area (Å²) in [7, 11) is 0. The second-order valence-electron chi connectivity index (χ2n) is 7.04. The van der Waals surface area contributed by atoms with E-state index in [9.17, 15) is 9.59 Å². The van der Waals surface area contributed by atoms with E-state index in [-0.39, 0.29) is 63.8 Å². The van der Waals surface area contributed by atoms with Gasteiger partial charge in [-0.25, -0.2) is 9.59 Å². The quantitative estimate of drug-likeness (QED) is 0.167. The number of rotatable bonds is 17. The molecule has 32 heavy (non-hydrogen) atoms. The van der Waals surface area contributed by atoms with Crippen LogP contribution in [-0.2, 0) is 39.7 Å². The fourth-order valence-corrected chi connectivity index (χ4v) is 2.70. The number of aliphatic hydroxyl groups excluding tert-OH is 1. The number of esters is 2. The van der Waals surface area contributed by atoms with Crippen LogP contribution >= 0.6 is 0 Å². The Morgan fingerprint density at radius 2 is 1.69 bits per heavy atom. The molecule has 0 saturated heterocycles. The molecule has 0 radical (unpaired) electrons. The molecule has 0 saturated carbocycles.